The first-order valence-corrected chi connectivity index (χ1v) is 6.07. The lowest BCUT2D eigenvalue weighted by Crippen LogP contribution is -2.23. The number of aromatic nitrogens is 2. The SMILES string of the molecule is COc1cc(C)nc(N2CCC(CCN)C2)n1. The van der Waals surface area contributed by atoms with E-state index in [4.69, 9.17) is 10.5 Å². The van der Waals surface area contributed by atoms with Gasteiger partial charge in [-0.2, -0.15) is 4.98 Å². The van der Waals surface area contributed by atoms with Crippen LogP contribution in [0.1, 0.15) is 18.5 Å². The highest BCUT2D eigenvalue weighted by Gasteiger charge is 2.24. The van der Waals surface area contributed by atoms with Gasteiger partial charge in [0.15, 0.2) is 0 Å². The molecule has 0 radical (unpaired) electrons. The summed E-state index contributed by atoms with van der Waals surface area (Å²) in [5.74, 6) is 2.09. The Morgan fingerprint density at radius 3 is 3.06 bits per heavy atom. The second-order valence-corrected chi connectivity index (χ2v) is 4.53. The van der Waals surface area contributed by atoms with E-state index in [0.717, 1.165) is 37.7 Å². The van der Waals surface area contributed by atoms with Crippen molar-refractivity contribution in [2.45, 2.75) is 19.8 Å². The Hall–Kier alpha value is -1.36. The van der Waals surface area contributed by atoms with Crippen LogP contribution in [0, 0.1) is 12.8 Å². The molecule has 1 unspecified atom stereocenters. The van der Waals surface area contributed by atoms with E-state index >= 15 is 0 Å². The predicted molar refractivity (Wildman–Crippen MR) is 67.3 cm³/mol. The third-order valence-electron chi connectivity index (χ3n) is 3.17. The van der Waals surface area contributed by atoms with Gasteiger partial charge < -0.3 is 15.4 Å². The molecule has 2 rings (SSSR count). The minimum absolute atomic E-state index is 0.634. The lowest BCUT2D eigenvalue weighted by atomic mass is 10.1. The Bertz CT molecular complexity index is 383. The summed E-state index contributed by atoms with van der Waals surface area (Å²) in [6, 6.07) is 1.84. The standard InChI is InChI=1S/C12H20N4O/c1-9-7-11(17-2)15-12(14-9)16-6-4-10(8-16)3-5-13/h7,10H,3-6,8,13H2,1-2H3. The van der Waals surface area contributed by atoms with Crippen LogP contribution in [-0.4, -0.2) is 36.7 Å². The summed E-state index contributed by atoms with van der Waals surface area (Å²) in [6.45, 7) is 4.73. The second kappa shape index (κ2) is 5.31. The molecule has 0 spiro atoms. The van der Waals surface area contributed by atoms with Crippen LogP contribution in [0.2, 0.25) is 0 Å². The van der Waals surface area contributed by atoms with Crippen LogP contribution >= 0.6 is 0 Å². The number of ether oxygens (including phenoxy) is 1. The Balaban J connectivity index is 2.10. The summed E-state index contributed by atoms with van der Waals surface area (Å²) >= 11 is 0. The molecule has 5 heteroatoms. The van der Waals surface area contributed by atoms with Crippen LogP contribution < -0.4 is 15.4 Å². The van der Waals surface area contributed by atoms with Crippen LogP contribution in [0.3, 0.4) is 0 Å². The van der Waals surface area contributed by atoms with Crippen LogP contribution in [0.25, 0.3) is 0 Å². The molecule has 2 N–H and O–H groups in total. The Labute approximate surface area is 102 Å². The molecular weight excluding hydrogens is 216 g/mol. The number of aryl methyl sites for hydroxylation is 1. The topological polar surface area (TPSA) is 64.3 Å². The molecule has 17 heavy (non-hydrogen) atoms. The van der Waals surface area contributed by atoms with Gasteiger partial charge in [0.1, 0.15) is 0 Å². The average Bonchev–Trinajstić information content (AvgIpc) is 2.77. The fourth-order valence-electron chi connectivity index (χ4n) is 2.26. The van der Waals surface area contributed by atoms with Gasteiger partial charge in [0.2, 0.25) is 11.8 Å². The van der Waals surface area contributed by atoms with Crippen molar-refractivity contribution < 1.29 is 4.74 Å². The molecule has 1 atom stereocenters. The van der Waals surface area contributed by atoms with Gasteiger partial charge in [0.05, 0.1) is 7.11 Å². The van der Waals surface area contributed by atoms with Crippen molar-refractivity contribution in [1.29, 1.82) is 0 Å². The number of anilines is 1. The first-order valence-electron chi connectivity index (χ1n) is 6.07. The van der Waals surface area contributed by atoms with E-state index in [-0.39, 0.29) is 0 Å². The Morgan fingerprint density at radius 1 is 1.53 bits per heavy atom. The number of hydrogen-bond acceptors (Lipinski definition) is 5. The summed E-state index contributed by atoms with van der Waals surface area (Å²) < 4.78 is 5.17. The van der Waals surface area contributed by atoms with E-state index in [2.05, 4.69) is 14.9 Å². The molecule has 1 aliphatic rings. The molecule has 1 aromatic heterocycles. The maximum absolute atomic E-state index is 5.59. The molecule has 2 heterocycles. The third-order valence-corrected chi connectivity index (χ3v) is 3.17. The quantitative estimate of drug-likeness (QED) is 0.844. The first-order chi connectivity index (χ1) is 8.22. The van der Waals surface area contributed by atoms with Crippen molar-refractivity contribution in [3.63, 3.8) is 0 Å². The molecule has 1 aliphatic heterocycles. The highest BCUT2D eigenvalue weighted by atomic mass is 16.5. The van der Waals surface area contributed by atoms with E-state index in [9.17, 15) is 0 Å². The van der Waals surface area contributed by atoms with E-state index in [1.165, 1.54) is 6.42 Å². The second-order valence-electron chi connectivity index (χ2n) is 4.53. The van der Waals surface area contributed by atoms with E-state index < -0.39 is 0 Å². The maximum atomic E-state index is 5.59. The van der Waals surface area contributed by atoms with Crippen molar-refractivity contribution in [1.82, 2.24) is 9.97 Å². The molecule has 0 aromatic carbocycles. The van der Waals surface area contributed by atoms with Crippen LogP contribution in [0.5, 0.6) is 5.88 Å². The molecule has 0 amide bonds. The van der Waals surface area contributed by atoms with Gasteiger partial charge in [-0.25, -0.2) is 4.98 Å². The Kier molecular flexibility index (Phi) is 3.78. The minimum atomic E-state index is 0.634. The van der Waals surface area contributed by atoms with Crippen LogP contribution in [0.15, 0.2) is 6.07 Å². The van der Waals surface area contributed by atoms with Crippen LogP contribution in [0.4, 0.5) is 5.95 Å². The monoisotopic (exact) mass is 236 g/mol. The van der Waals surface area contributed by atoms with Gasteiger partial charge >= 0.3 is 0 Å². The molecular formula is C12H20N4O. The smallest absolute Gasteiger partial charge is 0.228 e. The lowest BCUT2D eigenvalue weighted by molar-refractivity contribution is 0.396. The zero-order valence-electron chi connectivity index (χ0n) is 10.5. The first kappa shape index (κ1) is 12.1. The van der Waals surface area contributed by atoms with Gasteiger partial charge in [-0.15, -0.1) is 0 Å². The molecule has 0 bridgehead atoms. The van der Waals surface area contributed by atoms with E-state index in [1.807, 2.05) is 13.0 Å². The van der Waals surface area contributed by atoms with Crippen molar-refractivity contribution >= 4 is 5.95 Å². The van der Waals surface area contributed by atoms with Gasteiger partial charge in [0.25, 0.3) is 0 Å². The molecule has 0 saturated carbocycles. The van der Waals surface area contributed by atoms with Gasteiger partial charge in [-0.1, -0.05) is 0 Å². The van der Waals surface area contributed by atoms with E-state index in [0.29, 0.717) is 11.8 Å². The molecule has 1 saturated heterocycles. The van der Waals surface area contributed by atoms with Gasteiger partial charge in [0, 0.05) is 24.8 Å². The molecule has 1 aromatic rings. The number of nitrogens with two attached hydrogens (primary N) is 1. The largest absolute Gasteiger partial charge is 0.481 e. The molecule has 1 fully saturated rings. The molecule has 94 valence electrons. The number of methoxy groups -OCH3 is 1. The average molecular weight is 236 g/mol. The molecule has 0 aliphatic carbocycles. The zero-order chi connectivity index (χ0) is 12.3. The Morgan fingerprint density at radius 2 is 2.35 bits per heavy atom. The summed E-state index contributed by atoms with van der Waals surface area (Å²) in [4.78, 5) is 11.1. The highest BCUT2D eigenvalue weighted by molar-refractivity contribution is 5.35. The number of rotatable bonds is 4. The van der Waals surface area contributed by atoms with E-state index in [1.54, 1.807) is 7.11 Å². The number of nitrogens with zero attached hydrogens (tertiary/aromatic N) is 3. The fraction of sp³-hybridized carbons (Fsp3) is 0.667. The fourth-order valence-corrected chi connectivity index (χ4v) is 2.26. The van der Waals surface area contributed by atoms with Gasteiger partial charge in [-0.3, -0.25) is 0 Å². The zero-order valence-corrected chi connectivity index (χ0v) is 10.5. The highest BCUT2D eigenvalue weighted by Crippen LogP contribution is 2.24. The van der Waals surface area contributed by atoms with Crippen molar-refractivity contribution in [2.24, 2.45) is 11.7 Å². The maximum Gasteiger partial charge on any atom is 0.228 e. The normalized spacial score (nSPS) is 19.7. The number of hydrogen-bond donors (Lipinski definition) is 1. The minimum Gasteiger partial charge on any atom is -0.481 e. The van der Waals surface area contributed by atoms with Gasteiger partial charge in [-0.05, 0) is 32.2 Å². The van der Waals surface area contributed by atoms with Crippen molar-refractivity contribution in [3.05, 3.63) is 11.8 Å². The van der Waals surface area contributed by atoms with Crippen molar-refractivity contribution in [3.8, 4) is 5.88 Å². The predicted octanol–water partition coefficient (Wildman–Crippen LogP) is 0.969. The van der Waals surface area contributed by atoms with Crippen molar-refractivity contribution in [2.75, 3.05) is 31.6 Å². The molecule has 5 nitrogen and oxygen atoms in total. The summed E-state index contributed by atoms with van der Waals surface area (Å²) in [6.07, 6.45) is 2.26. The third kappa shape index (κ3) is 2.85. The van der Waals surface area contributed by atoms with Crippen LogP contribution in [-0.2, 0) is 0 Å². The summed E-state index contributed by atoms with van der Waals surface area (Å²) in [5, 5.41) is 0. The lowest BCUT2D eigenvalue weighted by Gasteiger charge is -2.17. The summed E-state index contributed by atoms with van der Waals surface area (Å²) in [5.41, 5.74) is 6.53. The summed E-state index contributed by atoms with van der Waals surface area (Å²) in [7, 11) is 1.63.